The number of nitriles is 1. The lowest BCUT2D eigenvalue weighted by atomic mass is 9.86. The maximum atomic E-state index is 12.7. The fourth-order valence-electron chi connectivity index (χ4n) is 4.18. The molecule has 4 heterocycles. The van der Waals surface area contributed by atoms with Crippen molar-refractivity contribution in [3.8, 4) is 17.2 Å². The van der Waals surface area contributed by atoms with E-state index in [0.717, 1.165) is 40.6 Å². The van der Waals surface area contributed by atoms with Crippen LogP contribution < -0.4 is 0 Å². The van der Waals surface area contributed by atoms with Gasteiger partial charge in [0.05, 0.1) is 18.7 Å². The molecule has 1 saturated heterocycles. The molecule has 2 aliphatic rings. The van der Waals surface area contributed by atoms with Crippen LogP contribution in [-0.2, 0) is 10.3 Å². The zero-order chi connectivity index (χ0) is 19.8. The maximum Gasteiger partial charge on any atom is 0.253 e. The number of fused-ring (bicyclic) bond motifs is 1. The molecule has 0 atom stereocenters. The SMILES string of the molecule is N#CCC1(n2cc(-c3ccnc4[nH]ccc34)cn2)CN(C(=O)C2=CCCC=C2)C1. The smallest absolute Gasteiger partial charge is 0.253 e. The highest BCUT2D eigenvalue weighted by molar-refractivity contribution is 5.97. The first kappa shape index (κ1) is 17.4. The second-order valence-corrected chi connectivity index (χ2v) is 7.63. The van der Waals surface area contributed by atoms with Crippen molar-refractivity contribution >= 4 is 16.9 Å². The van der Waals surface area contributed by atoms with Gasteiger partial charge in [0.1, 0.15) is 11.2 Å². The molecule has 3 aromatic heterocycles. The van der Waals surface area contributed by atoms with E-state index in [1.54, 1.807) is 11.1 Å². The summed E-state index contributed by atoms with van der Waals surface area (Å²) < 4.78 is 1.86. The molecule has 1 fully saturated rings. The Balaban J connectivity index is 1.41. The monoisotopic (exact) mass is 384 g/mol. The largest absolute Gasteiger partial charge is 0.346 e. The Morgan fingerprint density at radius 2 is 2.21 bits per heavy atom. The van der Waals surface area contributed by atoms with E-state index in [1.165, 1.54) is 0 Å². The number of rotatable bonds is 4. The predicted octanol–water partition coefficient (Wildman–Crippen LogP) is 3.15. The zero-order valence-corrected chi connectivity index (χ0v) is 15.9. The number of likely N-dealkylation sites (tertiary alicyclic amines) is 1. The summed E-state index contributed by atoms with van der Waals surface area (Å²) in [5.74, 6) is 0.0325. The highest BCUT2D eigenvalue weighted by Gasteiger charge is 2.47. The molecule has 144 valence electrons. The highest BCUT2D eigenvalue weighted by Crippen LogP contribution is 2.35. The summed E-state index contributed by atoms with van der Waals surface area (Å²) in [7, 11) is 0. The normalized spacial score (nSPS) is 17.6. The average Bonchev–Trinajstić information content (AvgIpc) is 3.40. The predicted molar refractivity (Wildman–Crippen MR) is 109 cm³/mol. The van der Waals surface area contributed by atoms with Crippen molar-refractivity contribution in [3.05, 3.63) is 60.7 Å². The van der Waals surface area contributed by atoms with Crippen LogP contribution in [-0.4, -0.2) is 43.6 Å². The van der Waals surface area contributed by atoms with Crippen LogP contribution in [0.4, 0.5) is 0 Å². The van der Waals surface area contributed by atoms with Crippen molar-refractivity contribution in [2.75, 3.05) is 13.1 Å². The van der Waals surface area contributed by atoms with Gasteiger partial charge in [0.2, 0.25) is 0 Å². The van der Waals surface area contributed by atoms with Crippen molar-refractivity contribution in [2.45, 2.75) is 24.8 Å². The van der Waals surface area contributed by atoms with E-state index in [-0.39, 0.29) is 5.91 Å². The molecule has 7 heteroatoms. The minimum Gasteiger partial charge on any atom is -0.346 e. The molecule has 0 spiro atoms. The third-order valence-corrected chi connectivity index (χ3v) is 5.75. The fraction of sp³-hybridized carbons (Fsp3) is 0.273. The van der Waals surface area contributed by atoms with E-state index in [0.29, 0.717) is 19.5 Å². The van der Waals surface area contributed by atoms with Gasteiger partial charge in [0, 0.05) is 48.2 Å². The molecule has 3 aromatic rings. The molecule has 29 heavy (non-hydrogen) atoms. The van der Waals surface area contributed by atoms with Gasteiger partial charge >= 0.3 is 0 Å². The van der Waals surface area contributed by atoms with Gasteiger partial charge in [-0.2, -0.15) is 10.4 Å². The van der Waals surface area contributed by atoms with E-state index >= 15 is 0 Å². The van der Waals surface area contributed by atoms with Gasteiger partial charge in [-0.1, -0.05) is 18.2 Å². The molecule has 1 aliphatic heterocycles. The van der Waals surface area contributed by atoms with Gasteiger partial charge < -0.3 is 9.88 Å². The number of amides is 1. The molecule has 1 amide bonds. The summed E-state index contributed by atoms with van der Waals surface area (Å²) >= 11 is 0. The second-order valence-electron chi connectivity index (χ2n) is 7.63. The number of H-pyrrole nitrogens is 1. The number of nitrogens with one attached hydrogen (secondary N) is 1. The van der Waals surface area contributed by atoms with Crippen LogP contribution >= 0.6 is 0 Å². The Morgan fingerprint density at radius 1 is 1.31 bits per heavy atom. The van der Waals surface area contributed by atoms with Crippen molar-refractivity contribution in [2.24, 2.45) is 0 Å². The minimum atomic E-state index is -0.480. The molecule has 1 N–H and O–H groups in total. The summed E-state index contributed by atoms with van der Waals surface area (Å²) in [5.41, 5.74) is 3.11. The second kappa shape index (κ2) is 6.74. The Morgan fingerprint density at radius 3 is 3.00 bits per heavy atom. The molecule has 0 aromatic carbocycles. The Hall–Kier alpha value is -3.66. The number of hydrogen-bond acceptors (Lipinski definition) is 4. The van der Waals surface area contributed by atoms with Crippen molar-refractivity contribution in [1.82, 2.24) is 24.6 Å². The van der Waals surface area contributed by atoms with E-state index in [1.807, 2.05) is 53.6 Å². The van der Waals surface area contributed by atoms with Gasteiger partial charge in [-0.05, 0) is 30.5 Å². The molecular formula is C22H20N6O. The Labute approximate surface area is 168 Å². The third-order valence-electron chi connectivity index (χ3n) is 5.75. The number of nitrogens with zero attached hydrogens (tertiary/aromatic N) is 5. The van der Waals surface area contributed by atoms with Crippen molar-refractivity contribution < 1.29 is 4.79 Å². The lowest BCUT2D eigenvalue weighted by molar-refractivity contribution is -0.137. The van der Waals surface area contributed by atoms with Crippen LogP contribution in [0.1, 0.15) is 19.3 Å². The first-order valence-corrected chi connectivity index (χ1v) is 9.71. The van der Waals surface area contributed by atoms with E-state index in [9.17, 15) is 10.1 Å². The Bertz CT molecular complexity index is 1190. The summed E-state index contributed by atoms with van der Waals surface area (Å²) in [6, 6.07) is 6.24. The summed E-state index contributed by atoms with van der Waals surface area (Å²) in [6.45, 7) is 0.975. The molecule has 0 radical (unpaired) electrons. The quantitative estimate of drug-likeness (QED) is 0.748. The van der Waals surface area contributed by atoms with Crippen LogP contribution in [0.25, 0.3) is 22.2 Å². The van der Waals surface area contributed by atoms with Gasteiger partial charge in [-0.3, -0.25) is 9.48 Å². The molecular weight excluding hydrogens is 364 g/mol. The first-order chi connectivity index (χ1) is 14.2. The van der Waals surface area contributed by atoms with Crippen molar-refractivity contribution in [1.29, 1.82) is 5.26 Å². The van der Waals surface area contributed by atoms with Gasteiger partial charge in [-0.25, -0.2) is 4.98 Å². The lowest BCUT2D eigenvalue weighted by Gasteiger charge is -2.49. The molecule has 0 bridgehead atoms. The van der Waals surface area contributed by atoms with Crippen LogP contribution in [0.2, 0.25) is 0 Å². The number of aromatic nitrogens is 4. The first-order valence-electron chi connectivity index (χ1n) is 9.71. The summed E-state index contributed by atoms with van der Waals surface area (Å²) in [6.07, 6.45) is 15.5. The van der Waals surface area contributed by atoms with E-state index in [2.05, 4.69) is 21.1 Å². The number of carbonyl (C=O) groups is 1. The molecule has 0 unspecified atom stereocenters. The van der Waals surface area contributed by atoms with Crippen LogP contribution in [0, 0.1) is 11.3 Å². The average molecular weight is 384 g/mol. The number of allylic oxidation sites excluding steroid dienone is 2. The van der Waals surface area contributed by atoms with E-state index in [4.69, 9.17) is 0 Å². The minimum absolute atomic E-state index is 0.0325. The van der Waals surface area contributed by atoms with Crippen LogP contribution in [0.5, 0.6) is 0 Å². The fourth-order valence-corrected chi connectivity index (χ4v) is 4.18. The topological polar surface area (TPSA) is 90.6 Å². The molecule has 0 saturated carbocycles. The summed E-state index contributed by atoms with van der Waals surface area (Å²) in [4.78, 5) is 22.0. The van der Waals surface area contributed by atoms with Gasteiger partial charge in [0.25, 0.3) is 5.91 Å². The van der Waals surface area contributed by atoms with Crippen LogP contribution in [0.15, 0.2) is 60.7 Å². The number of hydrogen-bond donors (Lipinski definition) is 1. The zero-order valence-electron chi connectivity index (χ0n) is 15.9. The molecule has 1 aliphatic carbocycles. The maximum absolute atomic E-state index is 12.7. The third kappa shape index (κ3) is 2.85. The molecule has 5 rings (SSSR count). The van der Waals surface area contributed by atoms with E-state index < -0.39 is 5.54 Å². The number of aromatic amines is 1. The van der Waals surface area contributed by atoms with Gasteiger partial charge in [0.15, 0.2) is 0 Å². The molecule has 7 nitrogen and oxygen atoms in total. The standard InChI is InChI=1S/C22H20N6O/c23-9-8-22(14-27(15-22)21(29)16-4-2-1-3-5-16)28-13-17(12-26-28)18-6-10-24-20-19(18)7-11-25-20/h2,4-7,10-13H,1,3,8,14-15H2,(H,24,25). The lowest BCUT2D eigenvalue weighted by Crippen LogP contribution is -2.64. The van der Waals surface area contributed by atoms with Crippen molar-refractivity contribution in [3.63, 3.8) is 0 Å². The Kier molecular flexibility index (Phi) is 4.06. The van der Waals surface area contributed by atoms with Crippen LogP contribution in [0.3, 0.4) is 0 Å². The number of carbonyl (C=O) groups excluding carboxylic acids is 1. The summed E-state index contributed by atoms with van der Waals surface area (Å²) in [5, 5.41) is 15.0. The number of pyridine rings is 1. The highest BCUT2D eigenvalue weighted by atomic mass is 16.2. The van der Waals surface area contributed by atoms with Gasteiger partial charge in [-0.15, -0.1) is 0 Å².